The molecule has 6 N–H and O–H groups in total. The molecule has 6 atom stereocenters. The number of nitrogen functional groups attached to an aromatic ring is 1. The van der Waals surface area contributed by atoms with Gasteiger partial charge in [0.15, 0.2) is 17.7 Å². The molecule has 18 nitrogen and oxygen atoms in total. The van der Waals surface area contributed by atoms with Crippen LogP contribution in [0.4, 0.5) is 5.82 Å². The lowest BCUT2D eigenvalue weighted by molar-refractivity contribution is -0.121. The first-order valence-corrected chi connectivity index (χ1v) is 14.5. The Balaban J connectivity index is 1.49. The van der Waals surface area contributed by atoms with Crippen molar-refractivity contribution in [3.63, 3.8) is 0 Å². The SMILES string of the molecule is COC[C@H]1O[C@@H](n2cnc3c(N)ncnc32)[C@@H](O)C1OP(=O)(O)OCC(CO)CCCCNC(=O)CCCN=[N+]=[N-]. The van der Waals surface area contributed by atoms with Gasteiger partial charge in [0.25, 0.3) is 0 Å². The first-order valence-electron chi connectivity index (χ1n) is 13.0. The van der Waals surface area contributed by atoms with Crippen LogP contribution in [-0.2, 0) is 27.9 Å². The van der Waals surface area contributed by atoms with Crippen LogP contribution in [0.1, 0.15) is 38.3 Å². The van der Waals surface area contributed by atoms with Crippen LogP contribution in [0.15, 0.2) is 17.8 Å². The maximum atomic E-state index is 12.8. The predicted molar refractivity (Wildman–Crippen MR) is 143 cm³/mol. The number of nitrogens with two attached hydrogens (primary N) is 1. The van der Waals surface area contributed by atoms with Gasteiger partial charge in [-0.2, -0.15) is 0 Å². The number of hydrogen-bond acceptors (Lipinski definition) is 13. The van der Waals surface area contributed by atoms with Crippen molar-refractivity contribution in [2.45, 2.75) is 56.6 Å². The number of nitrogens with zero attached hydrogens (tertiary/aromatic N) is 7. The van der Waals surface area contributed by atoms with Crippen molar-refractivity contribution in [2.24, 2.45) is 11.0 Å². The van der Waals surface area contributed by atoms with E-state index in [2.05, 4.69) is 30.3 Å². The van der Waals surface area contributed by atoms with Crippen molar-refractivity contribution < 1.29 is 43.0 Å². The van der Waals surface area contributed by atoms with E-state index >= 15 is 0 Å². The van der Waals surface area contributed by atoms with Gasteiger partial charge in [0.05, 0.1) is 19.5 Å². The molecule has 1 fully saturated rings. The number of imidazole rings is 1. The number of phosphoric ester groups is 1. The first kappa shape index (κ1) is 32.6. The lowest BCUT2D eigenvalue weighted by Gasteiger charge is -2.24. The number of rotatable bonds is 18. The van der Waals surface area contributed by atoms with Gasteiger partial charge in [-0.25, -0.2) is 19.5 Å². The quantitative estimate of drug-likeness (QED) is 0.0521. The van der Waals surface area contributed by atoms with Crippen LogP contribution in [0.25, 0.3) is 21.6 Å². The standard InChI is InChI=1S/C22H36N9O9P/c1-37-11-15-19(18(34)22(39-15)31-13-28-17-20(23)26-12-27-21(17)31)40-41(35,36)38-10-14(9-32)5-2-3-7-25-16(33)6-4-8-29-30-24/h12-15,18-19,22,32,34H,2-11H2,1H3,(H,25,33)(H,35,36)(H2,23,26,27)/t14?,15-,18+,19?,22-/m1/s1. The summed E-state index contributed by atoms with van der Waals surface area (Å²) < 4.78 is 35.7. The molecule has 2 aromatic rings. The van der Waals surface area contributed by atoms with Gasteiger partial charge in [-0.3, -0.25) is 18.4 Å². The number of nitrogens with one attached hydrogen (secondary N) is 1. The van der Waals surface area contributed by atoms with Crippen LogP contribution >= 0.6 is 7.82 Å². The van der Waals surface area contributed by atoms with Crippen LogP contribution in [0.5, 0.6) is 0 Å². The van der Waals surface area contributed by atoms with E-state index in [4.69, 9.17) is 29.8 Å². The van der Waals surface area contributed by atoms with E-state index in [1.54, 1.807) is 0 Å². The number of unbranched alkanes of at least 4 members (excludes halogenated alkanes) is 1. The second kappa shape index (κ2) is 15.9. The average molecular weight is 602 g/mol. The maximum absolute atomic E-state index is 12.8. The van der Waals surface area contributed by atoms with Crippen molar-refractivity contribution in [1.29, 1.82) is 0 Å². The molecule has 0 spiro atoms. The third-order valence-corrected chi connectivity index (χ3v) is 7.36. The lowest BCUT2D eigenvalue weighted by Crippen LogP contribution is -2.36. The van der Waals surface area contributed by atoms with Crippen molar-refractivity contribution in [2.75, 3.05) is 45.8 Å². The van der Waals surface area contributed by atoms with Crippen LogP contribution < -0.4 is 11.1 Å². The second-order valence-corrected chi connectivity index (χ2v) is 10.8. The van der Waals surface area contributed by atoms with Crippen LogP contribution in [-0.4, -0.2) is 98.9 Å². The molecule has 228 valence electrons. The van der Waals surface area contributed by atoms with Crippen molar-refractivity contribution in [1.82, 2.24) is 24.8 Å². The molecular weight excluding hydrogens is 565 g/mol. The summed E-state index contributed by atoms with van der Waals surface area (Å²) in [4.78, 5) is 36.9. The molecule has 3 heterocycles. The third-order valence-electron chi connectivity index (χ3n) is 6.37. The number of azide groups is 1. The largest absolute Gasteiger partial charge is 0.472 e. The zero-order chi connectivity index (χ0) is 29.8. The minimum Gasteiger partial charge on any atom is -0.396 e. The van der Waals surface area contributed by atoms with E-state index in [1.165, 1.54) is 24.3 Å². The minimum absolute atomic E-state index is 0.0639. The summed E-state index contributed by atoms with van der Waals surface area (Å²) in [6, 6.07) is 0. The number of aromatic nitrogens is 4. The number of anilines is 1. The number of aliphatic hydroxyl groups is 2. The number of carbonyl (C=O) groups is 1. The predicted octanol–water partition coefficient (Wildman–Crippen LogP) is 0.801. The number of amides is 1. The van der Waals surface area contributed by atoms with Gasteiger partial charge < -0.3 is 35.6 Å². The highest BCUT2D eigenvalue weighted by atomic mass is 31.2. The molecule has 1 saturated heterocycles. The van der Waals surface area contributed by atoms with E-state index in [1.807, 2.05) is 0 Å². The van der Waals surface area contributed by atoms with Gasteiger partial charge in [-0.1, -0.05) is 11.5 Å². The summed E-state index contributed by atoms with van der Waals surface area (Å²) in [5.41, 5.74) is 14.6. The lowest BCUT2D eigenvalue weighted by atomic mass is 10.0. The Morgan fingerprint density at radius 3 is 2.90 bits per heavy atom. The summed E-state index contributed by atoms with van der Waals surface area (Å²) >= 11 is 0. The molecule has 0 bridgehead atoms. The van der Waals surface area contributed by atoms with Gasteiger partial charge in [0, 0.05) is 44.1 Å². The van der Waals surface area contributed by atoms with Crippen LogP contribution in [0.3, 0.4) is 0 Å². The summed E-state index contributed by atoms with van der Waals surface area (Å²) in [6.07, 6.45) is 0.237. The number of methoxy groups -OCH3 is 1. The van der Waals surface area contributed by atoms with Crippen molar-refractivity contribution >= 4 is 30.7 Å². The Morgan fingerprint density at radius 2 is 2.17 bits per heavy atom. The van der Waals surface area contributed by atoms with E-state index in [0.29, 0.717) is 37.7 Å². The third kappa shape index (κ3) is 9.29. The van der Waals surface area contributed by atoms with Gasteiger partial charge in [0.1, 0.15) is 30.2 Å². The molecule has 41 heavy (non-hydrogen) atoms. The van der Waals surface area contributed by atoms with E-state index in [-0.39, 0.29) is 50.2 Å². The molecule has 0 aliphatic carbocycles. The second-order valence-electron chi connectivity index (χ2n) is 9.38. The number of carbonyl (C=O) groups excluding carboxylic acids is 1. The molecule has 2 aromatic heterocycles. The topological polar surface area (TPSA) is 262 Å². The Bertz CT molecular complexity index is 1230. The highest BCUT2D eigenvalue weighted by molar-refractivity contribution is 7.47. The summed E-state index contributed by atoms with van der Waals surface area (Å²) in [5.74, 6) is -0.476. The summed E-state index contributed by atoms with van der Waals surface area (Å²) in [5, 5.41) is 26.8. The fourth-order valence-electron chi connectivity index (χ4n) is 4.27. The van der Waals surface area contributed by atoms with E-state index in [0.717, 1.165) is 0 Å². The number of hydrogen-bond donors (Lipinski definition) is 5. The summed E-state index contributed by atoms with van der Waals surface area (Å²) in [7, 11) is -3.30. The number of ether oxygens (including phenoxy) is 2. The Morgan fingerprint density at radius 1 is 1.37 bits per heavy atom. The molecule has 0 aromatic carbocycles. The van der Waals surface area contributed by atoms with E-state index in [9.17, 15) is 24.5 Å². The molecule has 1 aliphatic heterocycles. The molecule has 0 saturated carbocycles. The highest BCUT2D eigenvalue weighted by Crippen LogP contribution is 2.49. The van der Waals surface area contributed by atoms with Gasteiger partial charge in [0.2, 0.25) is 5.91 Å². The minimum atomic E-state index is -4.70. The monoisotopic (exact) mass is 601 g/mol. The molecule has 3 unspecified atom stereocenters. The Hall–Kier alpha value is -2.92. The normalized spacial score (nSPS) is 22.7. The van der Waals surface area contributed by atoms with Crippen LogP contribution in [0.2, 0.25) is 0 Å². The Labute approximate surface area is 235 Å². The summed E-state index contributed by atoms with van der Waals surface area (Å²) in [6.45, 7) is 0.0427. The fourth-order valence-corrected chi connectivity index (χ4v) is 5.30. The maximum Gasteiger partial charge on any atom is 0.472 e. The smallest absolute Gasteiger partial charge is 0.396 e. The molecule has 1 aliphatic rings. The Kier molecular flexibility index (Phi) is 12.6. The fraction of sp³-hybridized carbons (Fsp3) is 0.727. The molecule has 0 radical (unpaired) electrons. The van der Waals surface area contributed by atoms with Gasteiger partial charge in [-0.15, -0.1) is 0 Å². The number of phosphoric acid groups is 1. The number of fused-ring (bicyclic) bond motifs is 1. The zero-order valence-electron chi connectivity index (χ0n) is 22.6. The van der Waals surface area contributed by atoms with Crippen LogP contribution in [0, 0.1) is 5.92 Å². The van der Waals surface area contributed by atoms with Crippen molar-refractivity contribution in [3.8, 4) is 0 Å². The average Bonchev–Trinajstić information content (AvgIpc) is 3.50. The molecule has 3 rings (SSSR count). The highest BCUT2D eigenvalue weighted by Gasteiger charge is 2.49. The molecule has 1 amide bonds. The zero-order valence-corrected chi connectivity index (χ0v) is 23.5. The molecule has 19 heteroatoms. The van der Waals surface area contributed by atoms with E-state index < -0.39 is 38.3 Å². The van der Waals surface area contributed by atoms with Gasteiger partial charge in [-0.05, 0) is 24.8 Å². The molecular formula is C22H36N9O9P. The van der Waals surface area contributed by atoms with Gasteiger partial charge >= 0.3 is 7.82 Å². The number of aliphatic hydroxyl groups excluding tert-OH is 2. The first-order chi connectivity index (χ1) is 19.7. The van der Waals surface area contributed by atoms with Crippen molar-refractivity contribution in [3.05, 3.63) is 23.1 Å².